The van der Waals surface area contributed by atoms with Crippen LogP contribution < -0.4 is 5.32 Å². The molecule has 0 radical (unpaired) electrons. The standard InChI is InChI=1S/C19H17FN2O2/c1-12-8-9-14(10-16(12)20)11-21-19(23)17-13(2)24-22-18(17)15-6-4-3-5-7-15/h3-10H,11H2,1-2H3,(H,21,23). The van der Waals surface area contributed by atoms with E-state index in [1.54, 1.807) is 26.0 Å². The summed E-state index contributed by atoms with van der Waals surface area (Å²) in [6, 6.07) is 14.3. The molecule has 1 aromatic heterocycles. The number of halogens is 1. The molecule has 3 rings (SSSR count). The third-order valence-electron chi connectivity index (χ3n) is 3.83. The largest absolute Gasteiger partial charge is 0.360 e. The van der Waals surface area contributed by atoms with Gasteiger partial charge in [-0.2, -0.15) is 0 Å². The van der Waals surface area contributed by atoms with Crippen molar-refractivity contribution in [1.29, 1.82) is 0 Å². The first kappa shape index (κ1) is 15.9. The number of rotatable bonds is 4. The maximum absolute atomic E-state index is 13.6. The Balaban J connectivity index is 1.80. The van der Waals surface area contributed by atoms with Crippen molar-refractivity contribution >= 4 is 5.91 Å². The van der Waals surface area contributed by atoms with Crippen LogP contribution in [0.5, 0.6) is 0 Å². The molecule has 0 aliphatic carbocycles. The lowest BCUT2D eigenvalue weighted by Gasteiger charge is -2.07. The van der Waals surface area contributed by atoms with Crippen LogP contribution >= 0.6 is 0 Å². The molecule has 0 unspecified atom stereocenters. The Labute approximate surface area is 139 Å². The number of aromatic nitrogens is 1. The van der Waals surface area contributed by atoms with Crippen molar-refractivity contribution in [1.82, 2.24) is 10.5 Å². The van der Waals surface area contributed by atoms with Gasteiger partial charge in [-0.15, -0.1) is 0 Å². The Morgan fingerprint density at radius 3 is 2.62 bits per heavy atom. The number of carbonyl (C=O) groups is 1. The lowest BCUT2D eigenvalue weighted by molar-refractivity contribution is 0.0950. The minimum atomic E-state index is -0.298. The smallest absolute Gasteiger partial charge is 0.257 e. The van der Waals surface area contributed by atoms with Crippen molar-refractivity contribution in [3.63, 3.8) is 0 Å². The van der Waals surface area contributed by atoms with E-state index in [1.165, 1.54) is 6.07 Å². The number of hydrogen-bond acceptors (Lipinski definition) is 3. The van der Waals surface area contributed by atoms with Gasteiger partial charge in [0.05, 0.1) is 0 Å². The van der Waals surface area contributed by atoms with E-state index in [0.29, 0.717) is 28.1 Å². The van der Waals surface area contributed by atoms with Gasteiger partial charge < -0.3 is 9.84 Å². The summed E-state index contributed by atoms with van der Waals surface area (Å²) < 4.78 is 18.8. The van der Waals surface area contributed by atoms with Gasteiger partial charge in [-0.1, -0.05) is 47.6 Å². The van der Waals surface area contributed by atoms with Gasteiger partial charge in [0.1, 0.15) is 22.8 Å². The first-order valence-corrected chi connectivity index (χ1v) is 7.61. The number of nitrogens with one attached hydrogen (secondary N) is 1. The zero-order chi connectivity index (χ0) is 17.1. The minimum absolute atomic E-state index is 0.231. The van der Waals surface area contributed by atoms with E-state index in [-0.39, 0.29) is 18.3 Å². The maximum atomic E-state index is 13.6. The summed E-state index contributed by atoms with van der Waals surface area (Å²) in [5, 5.41) is 6.79. The number of hydrogen-bond donors (Lipinski definition) is 1. The van der Waals surface area contributed by atoms with Crippen molar-refractivity contribution in [2.75, 3.05) is 0 Å². The van der Waals surface area contributed by atoms with Crippen molar-refractivity contribution < 1.29 is 13.7 Å². The molecule has 1 amide bonds. The molecule has 5 heteroatoms. The molecule has 4 nitrogen and oxygen atoms in total. The van der Waals surface area contributed by atoms with Gasteiger partial charge in [0.2, 0.25) is 0 Å². The van der Waals surface area contributed by atoms with Crippen molar-refractivity contribution in [3.8, 4) is 11.3 Å². The fourth-order valence-electron chi connectivity index (χ4n) is 2.45. The Morgan fingerprint density at radius 2 is 1.92 bits per heavy atom. The van der Waals surface area contributed by atoms with Crippen molar-refractivity contribution in [2.24, 2.45) is 0 Å². The summed E-state index contributed by atoms with van der Waals surface area (Å²) in [4.78, 5) is 12.5. The molecule has 0 bridgehead atoms. The summed E-state index contributed by atoms with van der Waals surface area (Å²) in [6.07, 6.45) is 0. The fourth-order valence-corrected chi connectivity index (χ4v) is 2.45. The topological polar surface area (TPSA) is 55.1 Å². The highest BCUT2D eigenvalue weighted by molar-refractivity contribution is 6.00. The zero-order valence-electron chi connectivity index (χ0n) is 13.5. The van der Waals surface area contributed by atoms with E-state index in [2.05, 4.69) is 10.5 Å². The molecule has 1 N–H and O–H groups in total. The molecule has 0 aliphatic rings. The molecular formula is C19H17FN2O2. The van der Waals surface area contributed by atoms with E-state index in [0.717, 1.165) is 5.56 Å². The summed E-state index contributed by atoms with van der Waals surface area (Å²) >= 11 is 0. The van der Waals surface area contributed by atoms with Crippen LogP contribution in [0.3, 0.4) is 0 Å². The van der Waals surface area contributed by atoms with E-state index in [1.807, 2.05) is 30.3 Å². The van der Waals surface area contributed by atoms with Crippen LogP contribution in [-0.4, -0.2) is 11.1 Å². The van der Waals surface area contributed by atoms with E-state index >= 15 is 0 Å². The van der Waals surface area contributed by atoms with Gasteiger partial charge in [-0.05, 0) is 31.0 Å². The third-order valence-corrected chi connectivity index (χ3v) is 3.83. The van der Waals surface area contributed by atoms with Gasteiger partial charge in [-0.3, -0.25) is 4.79 Å². The van der Waals surface area contributed by atoms with Crippen LogP contribution in [0.25, 0.3) is 11.3 Å². The number of aryl methyl sites for hydroxylation is 2. The van der Waals surface area contributed by atoms with Gasteiger partial charge in [0.25, 0.3) is 5.91 Å². The van der Waals surface area contributed by atoms with Crippen LogP contribution in [0, 0.1) is 19.7 Å². The van der Waals surface area contributed by atoms with Gasteiger partial charge in [0.15, 0.2) is 0 Å². The first-order valence-electron chi connectivity index (χ1n) is 7.61. The lowest BCUT2D eigenvalue weighted by Crippen LogP contribution is -2.23. The molecule has 0 aliphatic heterocycles. The molecule has 3 aromatic rings. The molecule has 0 saturated heterocycles. The predicted octanol–water partition coefficient (Wildman–Crippen LogP) is 4.03. The summed E-state index contributed by atoms with van der Waals surface area (Å²) in [5.74, 6) is -0.136. The van der Waals surface area contributed by atoms with E-state index in [9.17, 15) is 9.18 Å². The summed E-state index contributed by atoms with van der Waals surface area (Å²) in [6.45, 7) is 3.62. The van der Waals surface area contributed by atoms with Gasteiger partial charge in [0, 0.05) is 12.1 Å². The SMILES string of the molecule is Cc1ccc(CNC(=O)c2c(-c3ccccc3)noc2C)cc1F. The second kappa shape index (κ2) is 6.66. The molecule has 2 aromatic carbocycles. The predicted molar refractivity (Wildman–Crippen MR) is 89.0 cm³/mol. The minimum Gasteiger partial charge on any atom is -0.360 e. The quantitative estimate of drug-likeness (QED) is 0.788. The Bertz CT molecular complexity index is 872. The highest BCUT2D eigenvalue weighted by Crippen LogP contribution is 2.25. The van der Waals surface area contributed by atoms with Gasteiger partial charge >= 0.3 is 0 Å². The van der Waals surface area contributed by atoms with Crippen LogP contribution in [0.4, 0.5) is 4.39 Å². The Kier molecular flexibility index (Phi) is 4.42. The van der Waals surface area contributed by atoms with Crippen molar-refractivity contribution in [3.05, 3.63) is 76.8 Å². The molecule has 122 valence electrons. The van der Waals surface area contributed by atoms with Crippen LogP contribution in [0.1, 0.15) is 27.2 Å². The van der Waals surface area contributed by atoms with Gasteiger partial charge in [-0.25, -0.2) is 4.39 Å². The molecule has 0 spiro atoms. The second-order valence-corrected chi connectivity index (χ2v) is 5.59. The molecule has 1 heterocycles. The number of amides is 1. The van der Waals surface area contributed by atoms with E-state index in [4.69, 9.17) is 4.52 Å². The first-order chi connectivity index (χ1) is 11.6. The monoisotopic (exact) mass is 324 g/mol. The highest BCUT2D eigenvalue weighted by Gasteiger charge is 2.21. The third kappa shape index (κ3) is 3.20. The molecule has 0 atom stereocenters. The average molecular weight is 324 g/mol. The number of nitrogens with zero attached hydrogens (tertiary/aromatic N) is 1. The van der Waals surface area contributed by atoms with Crippen molar-refractivity contribution in [2.45, 2.75) is 20.4 Å². The molecular weight excluding hydrogens is 307 g/mol. The van der Waals surface area contributed by atoms with Crippen LogP contribution in [-0.2, 0) is 6.54 Å². The van der Waals surface area contributed by atoms with Crippen LogP contribution in [0.2, 0.25) is 0 Å². The fraction of sp³-hybridized carbons (Fsp3) is 0.158. The maximum Gasteiger partial charge on any atom is 0.257 e. The van der Waals surface area contributed by atoms with Crippen LogP contribution in [0.15, 0.2) is 53.1 Å². The van der Waals surface area contributed by atoms with E-state index < -0.39 is 0 Å². The Hall–Kier alpha value is -2.95. The number of benzene rings is 2. The number of carbonyl (C=O) groups excluding carboxylic acids is 1. The molecule has 0 fully saturated rings. The average Bonchev–Trinajstić information content (AvgIpc) is 2.98. The Morgan fingerprint density at radius 1 is 1.17 bits per heavy atom. The normalized spacial score (nSPS) is 10.6. The highest BCUT2D eigenvalue weighted by atomic mass is 19.1. The lowest BCUT2D eigenvalue weighted by atomic mass is 10.1. The second-order valence-electron chi connectivity index (χ2n) is 5.59. The molecule has 24 heavy (non-hydrogen) atoms. The summed E-state index contributed by atoms with van der Waals surface area (Å²) in [5.41, 5.74) is 2.98. The zero-order valence-corrected chi connectivity index (χ0v) is 13.5. The summed E-state index contributed by atoms with van der Waals surface area (Å²) in [7, 11) is 0. The molecule has 0 saturated carbocycles.